The fourth-order valence-electron chi connectivity index (χ4n) is 1.84. The van der Waals surface area contributed by atoms with Crippen LogP contribution in [0.3, 0.4) is 0 Å². The molecule has 0 radical (unpaired) electrons. The summed E-state index contributed by atoms with van der Waals surface area (Å²) in [5, 5.41) is 11.3. The lowest BCUT2D eigenvalue weighted by molar-refractivity contribution is -0.141. The molecule has 1 aliphatic rings. The number of carboxylic acids is 1. The van der Waals surface area contributed by atoms with Crippen LogP contribution in [-0.2, 0) is 14.8 Å². The summed E-state index contributed by atoms with van der Waals surface area (Å²) in [7, 11) is -3.35. The third-order valence-electron chi connectivity index (χ3n) is 2.84. The second-order valence-electron chi connectivity index (χ2n) is 4.32. The monoisotopic (exact) mass is 293 g/mol. The maximum absolute atomic E-state index is 11.7. The second-order valence-corrected chi connectivity index (χ2v) is 6.24. The third kappa shape index (κ3) is 5.03. The largest absolute Gasteiger partial charge is 0.481 e. The van der Waals surface area contributed by atoms with E-state index in [-0.39, 0.29) is 18.8 Å². The Labute approximate surface area is 112 Å². The molecule has 1 rings (SSSR count). The van der Waals surface area contributed by atoms with Crippen LogP contribution in [0, 0.1) is 5.92 Å². The predicted molar refractivity (Wildman–Crippen MR) is 68.2 cm³/mol. The topological polar surface area (TPSA) is 116 Å². The maximum atomic E-state index is 11.7. The quantitative estimate of drug-likeness (QED) is 0.583. The van der Waals surface area contributed by atoms with Gasteiger partial charge < -0.3 is 15.3 Å². The molecule has 0 spiro atoms. The summed E-state index contributed by atoms with van der Waals surface area (Å²) in [6.07, 6.45) is 0.429. The minimum absolute atomic E-state index is 0.00239. The zero-order valence-electron chi connectivity index (χ0n) is 10.8. The van der Waals surface area contributed by atoms with Crippen LogP contribution in [0.4, 0.5) is 4.79 Å². The first-order chi connectivity index (χ1) is 8.85. The minimum atomic E-state index is -3.35. The molecule has 2 amide bonds. The molecule has 3 N–H and O–H groups in total. The van der Waals surface area contributed by atoms with E-state index in [1.807, 2.05) is 0 Å². The lowest BCUT2D eigenvalue weighted by Gasteiger charge is -2.16. The molecule has 1 unspecified atom stereocenters. The Bertz CT molecular complexity index is 436. The lowest BCUT2D eigenvalue weighted by Crippen LogP contribution is -2.42. The van der Waals surface area contributed by atoms with Crippen molar-refractivity contribution in [3.63, 3.8) is 0 Å². The standard InChI is InChI=1S/C10H19N3O5S/c1-2-12-19(17,18)6-4-11-10(16)13-5-3-8(7-13)9(14)15/h8,12H,2-7H2,1H3,(H,11,16)(H,14,15). The van der Waals surface area contributed by atoms with Crippen LogP contribution in [0.15, 0.2) is 0 Å². The summed E-state index contributed by atoms with van der Waals surface area (Å²) >= 11 is 0. The van der Waals surface area contributed by atoms with Crippen molar-refractivity contribution in [2.45, 2.75) is 13.3 Å². The zero-order valence-corrected chi connectivity index (χ0v) is 11.6. The Kier molecular flexibility index (Phi) is 5.55. The summed E-state index contributed by atoms with van der Waals surface area (Å²) in [6, 6.07) is -0.421. The molecule has 1 aliphatic heterocycles. The summed E-state index contributed by atoms with van der Waals surface area (Å²) < 4.78 is 25.0. The van der Waals surface area contributed by atoms with Gasteiger partial charge in [0.15, 0.2) is 0 Å². The number of carbonyl (C=O) groups is 2. The van der Waals surface area contributed by atoms with Crippen molar-refractivity contribution in [1.29, 1.82) is 0 Å². The maximum Gasteiger partial charge on any atom is 0.317 e. The van der Waals surface area contributed by atoms with Crippen molar-refractivity contribution in [3.05, 3.63) is 0 Å². The van der Waals surface area contributed by atoms with Gasteiger partial charge in [-0.15, -0.1) is 0 Å². The van der Waals surface area contributed by atoms with Crippen LogP contribution in [-0.4, -0.2) is 62.4 Å². The molecule has 0 saturated carbocycles. The molecule has 8 nitrogen and oxygen atoms in total. The van der Waals surface area contributed by atoms with Gasteiger partial charge in [0.2, 0.25) is 10.0 Å². The Morgan fingerprint density at radius 1 is 1.42 bits per heavy atom. The van der Waals surface area contributed by atoms with Crippen LogP contribution < -0.4 is 10.0 Å². The Morgan fingerprint density at radius 3 is 2.63 bits per heavy atom. The number of hydrogen-bond donors (Lipinski definition) is 3. The van der Waals surface area contributed by atoms with Gasteiger partial charge in [-0.25, -0.2) is 17.9 Å². The molecule has 9 heteroatoms. The Hall–Kier alpha value is -1.35. The first kappa shape index (κ1) is 15.7. The van der Waals surface area contributed by atoms with Gasteiger partial charge in [-0.3, -0.25) is 4.79 Å². The zero-order chi connectivity index (χ0) is 14.5. The number of nitrogens with zero attached hydrogens (tertiary/aromatic N) is 1. The number of sulfonamides is 1. The minimum Gasteiger partial charge on any atom is -0.481 e. The van der Waals surface area contributed by atoms with Gasteiger partial charge in [-0.05, 0) is 6.42 Å². The van der Waals surface area contributed by atoms with Gasteiger partial charge in [0.05, 0.1) is 11.7 Å². The predicted octanol–water partition coefficient (Wildman–Crippen LogP) is -0.958. The number of hydrogen-bond acceptors (Lipinski definition) is 4. The van der Waals surface area contributed by atoms with Gasteiger partial charge >= 0.3 is 12.0 Å². The first-order valence-corrected chi connectivity index (χ1v) is 7.74. The van der Waals surface area contributed by atoms with E-state index < -0.39 is 27.9 Å². The summed E-state index contributed by atoms with van der Waals surface area (Å²) in [4.78, 5) is 23.8. The van der Waals surface area contributed by atoms with Crippen molar-refractivity contribution in [3.8, 4) is 0 Å². The molecule has 0 aromatic carbocycles. The number of aliphatic carboxylic acids is 1. The van der Waals surface area contributed by atoms with Crippen molar-refractivity contribution in [1.82, 2.24) is 14.9 Å². The van der Waals surface area contributed by atoms with Gasteiger partial charge in [0, 0.05) is 26.2 Å². The fourth-order valence-corrected chi connectivity index (χ4v) is 2.80. The molecule has 0 aromatic rings. The van der Waals surface area contributed by atoms with E-state index in [1.165, 1.54) is 4.90 Å². The van der Waals surface area contributed by atoms with Crippen molar-refractivity contribution < 1.29 is 23.1 Å². The smallest absolute Gasteiger partial charge is 0.317 e. The highest BCUT2D eigenvalue weighted by Gasteiger charge is 2.30. The lowest BCUT2D eigenvalue weighted by atomic mass is 10.1. The van der Waals surface area contributed by atoms with Gasteiger partial charge in [0.1, 0.15) is 0 Å². The van der Waals surface area contributed by atoms with E-state index in [2.05, 4.69) is 10.0 Å². The Balaban J connectivity index is 2.31. The molecule has 19 heavy (non-hydrogen) atoms. The molecule has 110 valence electrons. The van der Waals surface area contributed by atoms with Crippen LogP contribution >= 0.6 is 0 Å². The highest BCUT2D eigenvalue weighted by molar-refractivity contribution is 7.89. The van der Waals surface area contributed by atoms with Crippen LogP contribution in [0.25, 0.3) is 0 Å². The first-order valence-electron chi connectivity index (χ1n) is 6.08. The van der Waals surface area contributed by atoms with E-state index in [9.17, 15) is 18.0 Å². The van der Waals surface area contributed by atoms with Crippen molar-refractivity contribution >= 4 is 22.0 Å². The number of nitrogens with one attached hydrogen (secondary N) is 2. The molecule has 1 fully saturated rings. The molecule has 0 bridgehead atoms. The molecule has 1 atom stereocenters. The summed E-state index contributed by atoms with van der Waals surface area (Å²) in [5.41, 5.74) is 0. The fraction of sp³-hybridized carbons (Fsp3) is 0.800. The number of likely N-dealkylation sites (tertiary alicyclic amines) is 1. The Morgan fingerprint density at radius 2 is 2.11 bits per heavy atom. The van der Waals surface area contributed by atoms with Gasteiger partial charge in [0.25, 0.3) is 0 Å². The number of carbonyl (C=O) groups excluding carboxylic acids is 1. The van der Waals surface area contributed by atoms with Crippen LogP contribution in [0.5, 0.6) is 0 Å². The van der Waals surface area contributed by atoms with Gasteiger partial charge in [-0.1, -0.05) is 6.92 Å². The number of urea groups is 1. The molecule has 0 aromatic heterocycles. The third-order valence-corrected chi connectivity index (χ3v) is 4.31. The van der Waals surface area contributed by atoms with Crippen LogP contribution in [0.2, 0.25) is 0 Å². The molecule has 1 saturated heterocycles. The highest BCUT2D eigenvalue weighted by Crippen LogP contribution is 2.15. The molecule has 1 heterocycles. The van der Waals surface area contributed by atoms with E-state index in [4.69, 9.17) is 5.11 Å². The molecular formula is C10H19N3O5S. The van der Waals surface area contributed by atoms with Crippen LogP contribution in [0.1, 0.15) is 13.3 Å². The summed E-state index contributed by atoms with van der Waals surface area (Å²) in [6.45, 7) is 2.53. The highest BCUT2D eigenvalue weighted by atomic mass is 32.2. The molecular weight excluding hydrogens is 274 g/mol. The van der Waals surface area contributed by atoms with Gasteiger partial charge in [-0.2, -0.15) is 0 Å². The van der Waals surface area contributed by atoms with E-state index in [1.54, 1.807) is 6.92 Å². The van der Waals surface area contributed by atoms with E-state index in [0.717, 1.165) is 0 Å². The second kappa shape index (κ2) is 6.71. The average molecular weight is 293 g/mol. The normalized spacial score (nSPS) is 19.4. The summed E-state index contributed by atoms with van der Waals surface area (Å²) in [5.74, 6) is -1.63. The number of rotatable bonds is 6. The molecule has 0 aliphatic carbocycles. The number of amides is 2. The average Bonchev–Trinajstić information content (AvgIpc) is 2.77. The van der Waals surface area contributed by atoms with E-state index >= 15 is 0 Å². The number of carboxylic acid groups (broad SMARTS) is 1. The van der Waals surface area contributed by atoms with Crippen molar-refractivity contribution in [2.24, 2.45) is 5.92 Å². The SMILES string of the molecule is CCNS(=O)(=O)CCNC(=O)N1CCC(C(=O)O)C1. The van der Waals surface area contributed by atoms with E-state index in [0.29, 0.717) is 19.5 Å². The van der Waals surface area contributed by atoms with Crippen molar-refractivity contribution in [2.75, 3.05) is 31.9 Å².